The van der Waals surface area contributed by atoms with E-state index in [-0.39, 0.29) is 11.2 Å². The molecule has 0 unspecified atom stereocenters. The van der Waals surface area contributed by atoms with Gasteiger partial charge in [-0.15, -0.1) is 0 Å². The van der Waals surface area contributed by atoms with Crippen LogP contribution in [0, 0.1) is 0 Å². The summed E-state index contributed by atoms with van der Waals surface area (Å²) < 4.78 is 1.56. The molecule has 0 fully saturated rings. The number of aromatic amines is 1. The predicted octanol–water partition coefficient (Wildman–Crippen LogP) is 1.82. The van der Waals surface area contributed by atoms with Gasteiger partial charge < -0.3 is 0 Å². The lowest BCUT2D eigenvalue weighted by atomic mass is 10.0. The number of H-pyrrole nitrogens is 1. The number of benzene rings is 1. The molecule has 1 aromatic heterocycles. The maximum Gasteiger partial charge on any atom is 0.338 e. The number of rotatable bonds is 4. The molecule has 0 aliphatic heterocycles. The van der Waals surface area contributed by atoms with Gasteiger partial charge in [0.05, 0.1) is 0 Å². The Morgan fingerprint density at radius 1 is 1.21 bits per heavy atom. The molecule has 1 N–H and O–H groups in total. The Morgan fingerprint density at radius 3 is 2.47 bits per heavy atom. The summed E-state index contributed by atoms with van der Waals surface area (Å²) in [6.45, 7) is 1.92. The molecule has 0 radical (unpaired) electrons. The Morgan fingerprint density at radius 2 is 1.89 bits per heavy atom. The summed E-state index contributed by atoms with van der Waals surface area (Å²) in [6.07, 6.45) is 3.02. The van der Waals surface area contributed by atoms with Gasteiger partial charge in [-0.2, -0.15) is 0 Å². The van der Waals surface area contributed by atoms with E-state index in [1.165, 1.54) is 11.9 Å². The summed E-state index contributed by atoms with van der Waals surface area (Å²) >= 11 is 1.31. The van der Waals surface area contributed by atoms with E-state index >= 15 is 0 Å². The first-order valence-electron chi connectivity index (χ1n) is 6.12. The number of aromatic nitrogens is 2. The fourth-order valence-corrected chi connectivity index (χ4v) is 2.73. The van der Waals surface area contributed by atoms with Crippen LogP contribution in [-0.2, 0) is 12.8 Å². The van der Waals surface area contributed by atoms with Crippen LogP contribution in [0.5, 0.6) is 0 Å². The Labute approximate surface area is 115 Å². The average molecular weight is 276 g/mol. The minimum absolute atomic E-state index is 0.274. The number of nitrogens with zero attached hydrogens (tertiary/aromatic N) is 1. The van der Waals surface area contributed by atoms with Crippen molar-refractivity contribution in [2.24, 2.45) is 0 Å². The third-order valence-corrected chi connectivity index (χ3v) is 3.77. The zero-order valence-electron chi connectivity index (χ0n) is 11.0. The first-order valence-corrected chi connectivity index (χ1v) is 7.31. The van der Waals surface area contributed by atoms with E-state index < -0.39 is 0 Å². The highest BCUT2D eigenvalue weighted by Crippen LogP contribution is 2.14. The molecule has 4 nitrogen and oxygen atoms in total. The SMILES string of the molecule is CCc1c(Cc2ccccc2)n(SC)c(=O)[nH]c1=O. The second-order valence-corrected chi connectivity index (χ2v) is 4.91. The van der Waals surface area contributed by atoms with Crippen LogP contribution in [0.4, 0.5) is 0 Å². The summed E-state index contributed by atoms with van der Waals surface area (Å²) in [5, 5.41) is 0. The van der Waals surface area contributed by atoms with Gasteiger partial charge in [0.25, 0.3) is 5.56 Å². The molecule has 0 aliphatic carbocycles. The quantitative estimate of drug-likeness (QED) is 0.926. The van der Waals surface area contributed by atoms with Gasteiger partial charge in [0.15, 0.2) is 0 Å². The molecule has 2 aromatic rings. The van der Waals surface area contributed by atoms with Gasteiger partial charge in [0, 0.05) is 23.9 Å². The highest BCUT2D eigenvalue weighted by molar-refractivity contribution is 7.97. The van der Waals surface area contributed by atoms with Crippen LogP contribution in [0.3, 0.4) is 0 Å². The lowest BCUT2D eigenvalue weighted by Crippen LogP contribution is -2.33. The van der Waals surface area contributed by atoms with Crippen molar-refractivity contribution in [1.82, 2.24) is 8.96 Å². The first-order chi connectivity index (χ1) is 9.17. The molecular formula is C14H16N2O2S. The zero-order valence-corrected chi connectivity index (χ0v) is 11.8. The van der Waals surface area contributed by atoms with E-state index in [0.29, 0.717) is 18.4 Å². The Bertz CT molecular complexity index is 638. The van der Waals surface area contributed by atoms with Crippen molar-refractivity contribution >= 4 is 11.9 Å². The van der Waals surface area contributed by atoms with Crippen molar-refractivity contribution in [2.75, 3.05) is 6.26 Å². The molecule has 0 saturated heterocycles. The molecule has 0 spiro atoms. The zero-order chi connectivity index (χ0) is 13.8. The number of hydrogen-bond acceptors (Lipinski definition) is 3. The normalized spacial score (nSPS) is 10.6. The van der Waals surface area contributed by atoms with Crippen molar-refractivity contribution < 1.29 is 0 Å². The van der Waals surface area contributed by atoms with Gasteiger partial charge in [-0.25, -0.2) is 8.77 Å². The second kappa shape index (κ2) is 5.93. The highest BCUT2D eigenvalue weighted by Gasteiger charge is 2.13. The van der Waals surface area contributed by atoms with Crippen molar-refractivity contribution in [1.29, 1.82) is 0 Å². The smallest absolute Gasteiger partial charge is 0.273 e. The summed E-state index contributed by atoms with van der Waals surface area (Å²) in [4.78, 5) is 26.1. The standard InChI is InChI=1S/C14H16N2O2S/c1-3-11-12(9-10-7-5-4-6-8-10)16(19-2)14(18)15-13(11)17/h4-8H,3,9H2,1-2H3,(H,15,17,18). The number of nitrogens with one attached hydrogen (secondary N) is 1. The van der Waals surface area contributed by atoms with Crippen LogP contribution >= 0.6 is 11.9 Å². The molecule has 0 bridgehead atoms. The van der Waals surface area contributed by atoms with Gasteiger partial charge in [0.1, 0.15) is 0 Å². The summed E-state index contributed by atoms with van der Waals surface area (Å²) in [7, 11) is 0. The fourth-order valence-electron chi connectivity index (χ4n) is 2.12. The maximum atomic E-state index is 11.9. The van der Waals surface area contributed by atoms with E-state index in [1.807, 2.05) is 43.5 Å². The number of hydrogen-bond donors (Lipinski definition) is 1. The molecule has 1 aromatic carbocycles. The Balaban J connectivity index is 2.60. The van der Waals surface area contributed by atoms with Crippen LogP contribution in [0.1, 0.15) is 23.7 Å². The van der Waals surface area contributed by atoms with Gasteiger partial charge >= 0.3 is 5.69 Å². The second-order valence-electron chi connectivity index (χ2n) is 4.18. The maximum absolute atomic E-state index is 11.9. The molecule has 5 heteroatoms. The third kappa shape index (κ3) is 2.81. The fraction of sp³-hybridized carbons (Fsp3) is 0.286. The van der Waals surface area contributed by atoms with Crippen molar-refractivity contribution in [3.63, 3.8) is 0 Å². The summed E-state index contributed by atoms with van der Waals surface area (Å²) in [5.74, 6) is 0. The lowest BCUT2D eigenvalue weighted by Gasteiger charge is -2.13. The van der Waals surface area contributed by atoms with E-state index in [2.05, 4.69) is 4.98 Å². The molecule has 2 rings (SSSR count). The van der Waals surface area contributed by atoms with E-state index in [4.69, 9.17) is 0 Å². The van der Waals surface area contributed by atoms with Crippen LogP contribution < -0.4 is 11.2 Å². The van der Waals surface area contributed by atoms with Gasteiger partial charge in [0.2, 0.25) is 0 Å². The first kappa shape index (κ1) is 13.7. The van der Waals surface area contributed by atoms with Crippen molar-refractivity contribution in [3.05, 3.63) is 68.0 Å². The summed E-state index contributed by atoms with van der Waals surface area (Å²) in [5.41, 5.74) is 1.92. The minimum atomic E-state index is -0.361. The molecule has 0 amide bonds. The molecular weight excluding hydrogens is 260 g/mol. The Hall–Kier alpha value is -1.75. The van der Waals surface area contributed by atoms with E-state index in [9.17, 15) is 9.59 Å². The topological polar surface area (TPSA) is 54.9 Å². The monoisotopic (exact) mass is 276 g/mol. The molecule has 0 saturated carbocycles. The highest BCUT2D eigenvalue weighted by atomic mass is 32.2. The largest absolute Gasteiger partial charge is 0.338 e. The van der Waals surface area contributed by atoms with Gasteiger partial charge in [-0.05, 0) is 23.9 Å². The lowest BCUT2D eigenvalue weighted by molar-refractivity contribution is 0.858. The minimum Gasteiger partial charge on any atom is -0.273 e. The van der Waals surface area contributed by atoms with Crippen LogP contribution in [0.25, 0.3) is 0 Å². The van der Waals surface area contributed by atoms with Crippen LogP contribution in [0.2, 0.25) is 0 Å². The van der Waals surface area contributed by atoms with E-state index in [0.717, 1.165) is 11.3 Å². The summed E-state index contributed by atoms with van der Waals surface area (Å²) in [6, 6.07) is 9.85. The molecule has 0 atom stereocenters. The van der Waals surface area contributed by atoms with Crippen molar-refractivity contribution in [3.8, 4) is 0 Å². The third-order valence-electron chi connectivity index (χ3n) is 3.02. The molecule has 0 aliphatic rings. The van der Waals surface area contributed by atoms with Crippen LogP contribution in [0.15, 0.2) is 39.9 Å². The average Bonchev–Trinajstić information content (AvgIpc) is 2.40. The Kier molecular flexibility index (Phi) is 4.27. The van der Waals surface area contributed by atoms with Crippen molar-refractivity contribution in [2.45, 2.75) is 19.8 Å². The van der Waals surface area contributed by atoms with Gasteiger partial charge in [-0.3, -0.25) is 9.78 Å². The molecule has 19 heavy (non-hydrogen) atoms. The predicted molar refractivity (Wildman–Crippen MR) is 78.9 cm³/mol. The van der Waals surface area contributed by atoms with Gasteiger partial charge in [-0.1, -0.05) is 37.3 Å². The van der Waals surface area contributed by atoms with E-state index in [1.54, 1.807) is 3.97 Å². The molecule has 100 valence electrons. The van der Waals surface area contributed by atoms with Crippen LogP contribution in [-0.4, -0.2) is 15.2 Å². The molecule has 1 heterocycles.